The summed E-state index contributed by atoms with van der Waals surface area (Å²) in [5.74, 6) is 1.96. The molecule has 0 bridgehead atoms. The minimum Gasteiger partial charge on any atom is -0.508 e. The summed E-state index contributed by atoms with van der Waals surface area (Å²) >= 11 is 5.07. The summed E-state index contributed by atoms with van der Waals surface area (Å²) in [6.07, 6.45) is 0.541. The molecule has 3 amide bonds. The fourth-order valence-electron chi connectivity index (χ4n) is 6.08. The van der Waals surface area contributed by atoms with Gasteiger partial charge in [0.05, 0.1) is 31.3 Å². The first-order valence-electron chi connectivity index (χ1n) is 16.8. The summed E-state index contributed by atoms with van der Waals surface area (Å²) in [6, 6.07) is 25.4. The molecule has 7 rings (SSSR count). The number of nitrogens with one attached hydrogen (secondary N) is 1. The van der Waals surface area contributed by atoms with Crippen LogP contribution in [0.25, 0.3) is 20.5 Å². The molecule has 13 heteroatoms. The van der Waals surface area contributed by atoms with Gasteiger partial charge < -0.3 is 33.7 Å². The van der Waals surface area contributed by atoms with Gasteiger partial charge in [-0.15, -0.1) is 11.3 Å². The van der Waals surface area contributed by atoms with E-state index in [1.807, 2.05) is 60.7 Å². The van der Waals surface area contributed by atoms with Gasteiger partial charge in [0, 0.05) is 33.1 Å². The molecular weight excluding hydrogens is 752 g/mol. The van der Waals surface area contributed by atoms with Gasteiger partial charge in [-0.2, -0.15) is 0 Å². The Kier molecular flexibility index (Phi) is 11.0. The van der Waals surface area contributed by atoms with Crippen LogP contribution in [-0.2, 0) is 25.6 Å². The van der Waals surface area contributed by atoms with Crippen molar-refractivity contribution in [2.24, 2.45) is 0 Å². The molecule has 0 radical (unpaired) electrons. The van der Waals surface area contributed by atoms with Crippen LogP contribution in [0.4, 0.5) is 0 Å². The van der Waals surface area contributed by atoms with E-state index in [9.17, 15) is 19.5 Å². The van der Waals surface area contributed by atoms with E-state index in [-0.39, 0.29) is 24.0 Å². The molecule has 52 heavy (non-hydrogen) atoms. The number of amides is 3. The SMILES string of the molecule is O=C1CCC(N2Cc3cc(OCCOCCOCCOc4ccc(Oc5c(-c6ccc(Br)cc6)sc6cc(O)ccc56)cc4)ccc3C2=O)C(=O)N1. The number of imide groups is 1. The number of phenols is 1. The summed E-state index contributed by atoms with van der Waals surface area (Å²) in [5, 5.41) is 13.3. The maximum absolute atomic E-state index is 12.9. The van der Waals surface area contributed by atoms with Crippen LogP contribution in [0.3, 0.4) is 0 Å². The van der Waals surface area contributed by atoms with Gasteiger partial charge in [0.2, 0.25) is 11.8 Å². The average Bonchev–Trinajstić information content (AvgIpc) is 3.66. The number of rotatable bonds is 15. The summed E-state index contributed by atoms with van der Waals surface area (Å²) in [7, 11) is 0. The second kappa shape index (κ2) is 16.2. The minimum absolute atomic E-state index is 0.211. The minimum atomic E-state index is -0.647. The topological polar surface area (TPSA) is 133 Å². The first-order valence-corrected chi connectivity index (χ1v) is 18.4. The van der Waals surface area contributed by atoms with E-state index in [0.29, 0.717) is 75.4 Å². The molecule has 3 heterocycles. The Hall–Kier alpha value is -4.95. The highest BCUT2D eigenvalue weighted by Gasteiger charge is 2.39. The van der Waals surface area contributed by atoms with E-state index in [4.69, 9.17) is 23.7 Å². The Morgan fingerprint density at radius 3 is 2.19 bits per heavy atom. The van der Waals surface area contributed by atoms with Crippen molar-refractivity contribution in [2.45, 2.75) is 25.4 Å². The smallest absolute Gasteiger partial charge is 0.255 e. The van der Waals surface area contributed by atoms with Crippen LogP contribution in [0, 0.1) is 0 Å². The van der Waals surface area contributed by atoms with Crippen LogP contribution < -0.4 is 19.5 Å². The molecule has 1 saturated heterocycles. The zero-order valence-electron chi connectivity index (χ0n) is 28.0. The molecule has 0 aliphatic carbocycles. The van der Waals surface area contributed by atoms with Gasteiger partial charge in [-0.3, -0.25) is 19.7 Å². The Balaban J connectivity index is 0.796. The third-order valence-corrected chi connectivity index (χ3v) is 10.3. The third-order valence-electron chi connectivity index (χ3n) is 8.64. The van der Waals surface area contributed by atoms with Gasteiger partial charge in [-0.25, -0.2) is 0 Å². The summed E-state index contributed by atoms with van der Waals surface area (Å²) < 4.78 is 31.2. The highest BCUT2D eigenvalue weighted by Crippen LogP contribution is 2.47. The summed E-state index contributed by atoms with van der Waals surface area (Å²) in [6.45, 7) is 2.55. The Morgan fingerprint density at radius 1 is 0.788 bits per heavy atom. The van der Waals surface area contributed by atoms with Gasteiger partial charge in [0.25, 0.3) is 5.91 Å². The molecule has 2 aliphatic heterocycles. The van der Waals surface area contributed by atoms with Crippen molar-refractivity contribution in [3.05, 3.63) is 101 Å². The first-order chi connectivity index (χ1) is 25.3. The lowest BCUT2D eigenvalue weighted by Gasteiger charge is -2.29. The third kappa shape index (κ3) is 8.23. The van der Waals surface area contributed by atoms with Crippen molar-refractivity contribution in [1.29, 1.82) is 0 Å². The summed E-state index contributed by atoms with van der Waals surface area (Å²) in [5.41, 5.74) is 2.35. The lowest BCUT2D eigenvalue weighted by molar-refractivity contribution is -0.136. The molecular formula is C39H35BrN2O9S. The predicted octanol–water partition coefficient (Wildman–Crippen LogP) is 7.08. The van der Waals surface area contributed by atoms with Crippen molar-refractivity contribution >= 4 is 55.1 Å². The van der Waals surface area contributed by atoms with Gasteiger partial charge in [0.1, 0.15) is 42.3 Å². The highest BCUT2D eigenvalue weighted by molar-refractivity contribution is 9.10. The molecule has 0 spiro atoms. The van der Waals surface area contributed by atoms with E-state index < -0.39 is 11.9 Å². The lowest BCUT2D eigenvalue weighted by atomic mass is 10.0. The number of piperidine rings is 1. The zero-order valence-corrected chi connectivity index (χ0v) is 30.4. The van der Waals surface area contributed by atoms with E-state index in [2.05, 4.69) is 21.2 Å². The van der Waals surface area contributed by atoms with Crippen molar-refractivity contribution < 1.29 is 43.2 Å². The zero-order chi connectivity index (χ0) is 36.0. The molecule has 2 aliphatic rings. The van der Waals surface area contributed by atoms with Crippen molar-refractivity contribution in [3.8, 4) is 39.2 Å². The second-order valence-corrected chi connectivity index (χ2v) is 14.1. The number of hydrogen-bond acceptors (Lipinski definition) is 10. The molecule has 5 aromatic rings. The van der Waals surface area contributed by atoms with Gasteiger partial charge in [0.15, 0.2) is 5.75 Å². The van der Waals surface area contributed by atoms with Gasteiger partial charge in [-0.05, 0) is 90.3 Å². The Bertz CT molecular complexity index is 2080. The van der Waals surface area contributed by atoms with Gasteiger partial charge in [-0.1, -0.05) is 28.1 Å². The number of halogens is 1. The molecule has 1 unspecified atom stereocenters. The van der Waals surface area contributed by atoms with Gasteiger partial charge >= 0.3 is 0 Å². The molecule has 268 valence electrons. The number of thiophene rings is 1. The maximum Gasteiger partial charge on any atom is 0.255 e. The molecule has 4 aromatic carbocycles. The average molecular weight is 788 g/mol. The van der Waals surface area contributed by atoms with Crippen LogP contribution in [0.1, 0.15) is 28.8 Å². The van der Waals surface area contributed by atoms with Crippen LogP contribution >= 0.6 is 27.3 Å². The van der Waals surface area contributed by atoms with Crippen LogP contribution in [0.2, 0.25) is 0 Å². The number of carbonyl (C=O) groups excluding carboxylic acids is 3. The standard InChI is InChI=1S/C39H35BrN2O9S/c40-26-3-1-24(2-4-26)37-36(32-11-5-27(43)22-34(32)52-37)51-29-8-6-28(7-9-29)49-19-17-47-15-16-48-18-20-50-30-10-12-31-25(21-30)23-42(39(31)46)33-13-14-35(44)41-38(33)45/h1-12,21-22,33,43H,13-20,23H2,(H,41,44,45). The first kappa shape index (κ1) is 35.5. The molecule has 0 saturated carbocycles. The van der Waals surface area contributed by atoms with Crippen molar-refractivity contribution in [1.82, 2.24) is 10.2 Å². The largest absolute Gasteiger partial charge is 0.508 e. The lowest BCUT2D eigenvalue weighted by Crippen LogP contribution is -2.52. The number of fused-ring (bicyclic) bond motifs is 2. The quantitative estimate of drug-likeness (QED) is 0.0844. The maximum atomic E-state index is 12.9. The number of nitrogens with zero attached hydrogens (tertiary/aromatic N) is 1. The number of benzene rings is 4. The number of ether oxygens (including phenoxy) is 5. The Labute approximate surface area is 312 Å². The fourth-order valence-corrected chi connectivity index (χ4v) is 7.51. The highest BCUT2D eigenvalue weighted by atomic mass is 79.9. The number of hydrogen-bond donors (Lipinski definition) is 2. The van der Waals surface area contributed by atoms with E-state index >= 15 is 0 Å². The van der Waals surface area contributed by atoms with E-state index in [0.717, 1.165) is 36.3 Å². The molecule has 2 N–H and O–H groups in total. The van der Waals surface area contributed by atoms with Crippen LogP contribution in [0.15, 0.2) is 89.4 Å². The number of carbonyl (C=O) groups is 3. The molecule has 1 atom stereocenters. The molecule has 11 nitrogen and oxygen atoms in total. The van der Waals surface area contributed by atoms with E-state index in [1.165, 1.54) is 4.90 Å². The van der Waals surface area contributed by atoms with E-state index in [1.54, 1.807) is 35.6 Å². The predicted molar refractivity (Wildman–Crippen MR) is 198 cm³/mol. The van der Waals surface area contributed by atoms with Crippen LogP contribution in [-0.4, -0.2) is 73.4 Å². The fraction of sp³-hybridized carbons (Fsp3) is 0.256. The molecule has 1 aromatic heterocycles. The number of aromatic hydroxyl groups is 1. The number of phenolic OH excluding ortho intramolecular Hbond substituents is 1. The monoisotopic (exact) mass is 786 g/mol. The normalized spacial score (nSPS) is 15.5. The van der Waals surface area contributed by atoms with Crippen LogP contribution in [0.5, 0.6) is 28.7 Å². The Morgan fingerprint density at radius 2 is 1.46 bits per heavy atom. The molecule has 1 fully saturated rings. The second-order valence-electron chi connectivity index (χ2n) is 12.2. The summed E-state index contributed by atoms with van der Waals surface area (Å²) in [4.78, 5) is 39.1. The van der Waals surface area contributed by atoms with Crippen molar-refractivity contribution in [2.75, 3.05) is 39.6 Å². The van der Waals surface area contributed by atoms with Crippen molar-refractivity contribution in [3.63, 3.8) is 0 Å².